The van der Waals surface area contributed by atoms with Gasteiger partial charge in [-0.3, -0.25) is 0 Å². The average Bonchev–Trinajstić information content (AvgIpc) is 1.93. The monoisotopic (exact) mass is 202 g/mol. The van der Waals surface area contributed by atoms with Gasteiger partial charge in [-0.2, -0.15) is 0 Å². The third kappa shape index (κ3) is 1.45. The molecule has 2 rings (SSSR count). The Labute approximate surface area is 81.2 Å². The smallest absolute Gasteiger partial charge is 0.0847 e. The normalized spacial score (nSPS) is 22.0. The topological polar surface area (TPSA) is 9.23 Å². The van der Waals surface area contributed by atoms with Gasteiger partial charge in [0.15, 0.2) is 0 Å². The van der Waals surface area contributed by atoms with Crippen LogP contribution in [0.25, 0.3) is 0 Å². The average molecular weight is 203 g/mol. The van der Waals surface area contributed by atoms with E-state index in [2.05, 4.69) is 0 Å². The molecule has 0 bridgehead atoms. The standard InChI is InChI=1S/C9H8Cl2O/c10-7-2-1-6(5-8(7)11)9-3-4-12-9/h1-2,5,9H,3-4H2. The first-order chi connectivity index (χ1) is 5.77. The largest absolute Gasteiger partial charge is 0.373 e. The fourth-order valence-electron chi connectivity index (χ4n) is 1.21. The third-order valence-electron chi connectivity index (χ3n) is 2.01. The Kier molecular flexibility index (Phi) is 2.26. The van der Waals surface area contributed by atoms with E-state index in [0.717, 1.165) is 18.6 Å². The van der Waals surface area contributed by atoms with Gasteiger partial charge >= 0.3 is 0 Å². The second-order valence-electron chi connectivity index (χ2n) is 2.82. The summed E-state index contributed by atoms with van der Waals surface area (Å²) in [5, 5.41) is 1.20. The Hall–Kier alpha value is -0.240. The Balaban J connectivity index is 2.27. The first-order valence-corrected chi connectivity index (χ1v) is 4.59. The summed E-state index contributed by atoms with van der Waals surface area (Å²) in [5.41, 5.74) is 1.12. The van der Waals surface area contributed by atoms with Crippen LogP contribution in [0.4, 0.5) is 0 Å². The Morgan fingerprint density at radius 3 is 2.50 bits per heavy atom. The predicted octanol–water partition coefficient (Wildman–Crippen LogP) is 3.45. The van der Waals surface area contributed by atoms with Gasteiger partial charge in [0.05, 0.1) is 22.8 Å². The number of hydrogen-bond acceptors (Lipinski definition) is 1. The Bertz CT molecular complexity index is 295. The van der Waals surface area contributed by atoms with Crippen molar-refractivity contribution >= 4 is 23.2 Å². The highest BCUT2D eigenvalue weighted by Crippen LogP contribution is 2.32. The second kappa shape index (κ2) is 3.25. The van der Waals surface area contributed by atoms with Gasteiger partial charge in [-0.1, -0.05) is 29.3 Å². The van der Waals surface area contributed by atoms with E-state index >= 15 is 0 Å². The van der Waals surface area contributed by atoms with E-state index in [1.807, 2.05) is 12.1 Å². The fraction of sp³-hybridized carbons (Fsp3) is 0.333. The van der Waals surface area contributed by atoms with Crippen LogP contribution in [0.1, 0.15) is 18.1 Å². The maximum Gasteiger partial charge on any atom is 0.0847 e. The summed E-state index contributed by atoms with van der Waals surface area (Å²) >= 11 is 11.6. The van der Waals surface area contributed by atoms with Gasteiger partial charge in [0.1, 0.15) is 0 Å². The maximum atomic E-state index is 5.85. The molecule has 0 spiro atoms. The van der Waals surface area contributed by atoms with Crippen molar-refractivity contribution in [2.24, 2.45) is 0 Å². The molecule has 12 heavy (non-hydrogen) atoms. The van der Waals surface area contributed by atoms with E-state index in [-0.39, 0.29) is 6.10 Å². The van der Waals surface area contributed by atoms with E-state index in [1.54, 1.807) is 6.07 Å². The molecule has 0 saturated carbocycles. The molecule has 0 radical (unpaired) electrons. The predicted molar refractivity (Wildman–Crippen MR) is 49.8 cm³/mol. The molecule has 1 unspecified atom stereocenters. The zero-order valence-electron chi connectivity index (χ0n) is 6.39. The van der Waals surface area contributed by atoms with E-state index < -0.39 is 0 Å². The molecule has 0 aliphatic carbocycles. The molecule has 1 heterocycles. The molecule has 0 aromatic heterocycles. The van der Waals surface area contributed by atoms with Crippen LogP contribution in [-0.4, -0.2) is 6.61 Å². The molecular weight excluding hydrogens is 195 g/mol. The van der Waals surface area contributed by atoms with Gasteiger partial charge in [0.2, 0.25) is 0 Å². The minimum atomic E-state index is 0.236. The zero-order chi connectivity index (χ0) is 8.55. The molecule has 1 aliphatic heterocycles. The summed E-state index contributed by atoms with van der Waals surface area (Å²) < 4.78 is 5.31. The Morgan fingerprint density at radius 1 is 1.25 bits per heavy atom. The highest BCUT2D eigenvalue weighted by Gasteiger charge is 2.20. The van der Waals surface area contributed by atoms with E-state index in [4.69, 9.17) is 27.9 Å². The van der Waals surface area contributed by atoms with Crippen molar-refractivity contribution in [3.8, 4) is 0 Å². The number of ether oxygens (including phenoxy) is 1. The number of benzene rings is 1. The van der Waals surface area contributed by atoms with Crippen LogP contribution >= 0.6 is 23.2 Å². The van der Waals surface area contributed by atoms with Gasteiger partial charge in [0, 0.05) is 6.42 Å². The van der Waals surface area contributed by atoms with Crippen LogP contribution in [0, 0.1) is 0 Å². The molecule has 0 N–H and O–H groups in total. The van der Waals surface area contributed by atoms with Crippen molar-refractivity contribution in [1.29, 1.82) is 0 Å². The van der Waals surface area contributed by atoms with Crippen molar-refractivity contribution in [2.45, 2.75) is 12.5 Å². The lowest BCUT2D eigenvalue weighted by Crippen LogP contribution is -2.17. The summed E-state index contributed by atoms with van der Waals surface area (Å²) in [6.07, 6.45) is 1.32. The molecule has 64 valence electrons. The zero-order valence-corrected chi connectivity index (χ0v) is 7.90. The molecule has 1 fully saturated rings. The van der Waals surface area contributed by atoms with Crippen molar-refractivity contribution in [3.63, 3.8) is 0 Å². The van der Waals surface area contributed by atoms with Crippen LogP contribution in [0.3, 0.4) is 0 Å². The third-order valence-corrected chi connectivity index (χ3v) is 2.75. The highest BCUT2D eigenvalue weighted by molar-refractivity contribution is 6.42. The van der Waals surface area contributed by atoms with Gasteiger partial charge in [-0.15, -0.1) is 0 Å². The highest BCUT2D eigenvalue weighted by atomic mass is 35.5. The fourth-order valence-corrected chi connectivity index (χ4v) is 1.52. The van der Waals surface area contributed by atoms with Crippen molar-refractivity contribution in [3.05, 3.63) is 33.8 Å². The summed E-state index contributed by atoms with van der Waals surface area (Å²) in [6.45, 7) is 0.852. The van der Waals surface area contributed by atoms with Crippen LogP contribution < -0.4 is 0 Å². The minimum Gasteiger partial charge on any atom is -0.373 e. The minimum absolute atomic E-state index is 0.236. The summed E-state index contributed by atoms with van der Waals surface area (Å²) in [4.78, 5) is 0. The molecule has 1 aliphatic rings. The lowest BCUT2D eigenvalue weighted by Gasteiger charge is -2.26. The van der Waals surface area contributed by atoms with Crippen LogP contribution in [0.2, 0.25) is 10.0 Å². The first-order valence-electron chi connectivity index (χ1n) is 3.84. The van der Waals surface area contributed by atoms with Gasteiger partial charge in [-0.25, -0.2) is 0 Å². The number of rotatable bonds is 1. The summed E-state index contributed by atoms with van der Waals surface area (Å²) in [5.74, 6) is 0. The molecule has 1 aromatic carbocycles. The van der Waals surface area contributed by atoms with Gasteiger partial charge in [-0.05, 0) is 17.7 Å². The van der Waals surface area contributed by atoms with E-state index in [1.165, 1.54) is 0 Å². The SMILES string of the molecule is Clc1ccc(C2CCO2)cc1Cl. The maximum absolute atomic E-state index is 5.85. The van der Waals surface area contributed by atoms with Crippen molar-refractivity contribution < 1.29 is 4.74 Å². The summed E-state index contributed by atoms with van der Waals surface area (Å²) in [7, 11) is 0. The van der Waals surface area contributed by atoms with Crippen molar-refractivity contribution in [1.82, 2.24) is 0 Å². The van der Waals surface area contributed by atoms with Crippen molar-refractivity contribution in [2.75, 3.05) is 6.61 Å². The lowest BCUT2D eigenvalue weighted by atomic mass is 10.0. The second-order valence-corrected chi connectivity index (χ2v) is 3.64. The molecule has 1 aromatic rings. The van der Waals surface area contributed by atoms with Gasteiger partial charge < -0.3 is 4.74 Å². The van der Waals surface area contributed by atoms with E-state index in [0.29, 0.717) is 10.0 Å². The molecule has 0 amide bonds. The van der Waals surface area contributed by atoms with Crippen LogP contribution in [-0.2, 0) is 4.74 Å². The molecule has 1 nitrogen and oxygen atoms in total. The van der Waals surface area contributed by atoms with Crippen LogP contribution in [0.5, 0.6) is 0 Å². The van der Waals surface area contributed by atoms with E-state index in [9.17, 15) is 0 Å². The number of hydrogen-bond donors (Lipinski definition) is 0. The Morgan fingerprint density at radius 2 is 2.00 bits per heavy atom. The molecule has 1 atom stereocenters. The lowest BCUT2D eigenvalue weighted by molar-refractivity contribution is -0.0527. The molecule has 3 heteroatoms. The van der Waals surface area contributed by atoms with Crippen LogP contribution in [0.15, 0.2) is 18.2 Å². The summed E-state index contributed by atoms with van der Waals surface area (Å²) in [6, 6.07) is 5.63. The molecule has 1 saturated heterocycles. The quantitative estimate of drug-likeness (QED) is 0.679. The first kappa shape index (κ1) is 8.36. The van der Waals surface area contributed by atoms with Gasteiger partial charge in [0.25, 0.3) is 0 Å². The number of halogens is 2. The molecular formula is C9H8Cl2O.